The summed E-state index contributed by atoms with van der Waals surface area (Å²) in [5, 5.41) is 0. The Morgan fingerprint density at radius 3 is 3.14 bits per heavy atom. The van der Waals surface area contributed by atoms with E-state index < -0.39 is 6.17 Å². The molecule has 1 aromatic heterocycles. The molecular formula is C10H14FN3. The maximum Gasteiger partial charge on any atom is 0.130 e. The Bertz CT molecular complexity index is 316. The SMILES string of the molecule is Nc1ccnc(N2CCC[C@H](F)C2)c1. The third kappa shape index (κ3) is 1.95. The average molecular weight is 195 g/mol. The Hall–Kier alpha value is -1.32. The van der Waals surface area contributed by atoms with Crippen LogP contribution in [-0.4, -0.2) is 24.2 Å². The Kier molecular flexibility index (Phi) is 2.52. The van der Waals surface area contributed by atoms with Gasteiger partial charge in [0.15, 0.2) is 0 Å². The van der Waals surface area contributed by atoms with E-state index >= 15 is 0 Å². The van der Waals surface area contributed by atoms with Gasteiger partial charge in [0, 0.05) is 24.5 Å². The van der Waals surface area contributed by atoms with E-state index in [1.807, 2.05) is 4.90 Å². The van der Waals surface area contributed by atoms with Gasteiger partial charge in [0.1, 0.15) is 12.0 Å². The molecule has 2 N–H and O–H groups in total. The molecule has 0 bridgehead atoms. The molecule has 0 aliphatic carbocycles. The van der Waals surface area contributed by atoms with Crippen molar-refractivity contribution in [1.29, 1.82) is 0 Å². The van der Waals surface area contributed by atoms with E-state index in [1.54, 1.807) is 18.3 Å². The Labute approximate surface area is 82.7 Å². The maximum atomic E-state index is 13.1. The second-order valence-electron chi connectivity index (χ2n) is 3.63. The highest BCUT2D eigenvalue weighted by molar-refractivity contribution is 5.50. The predicted molar refractivity (Wildman–Crippen MR) is 55.0 cm³/mol. The second kappa shape index (κ2) is 3.82. The molecule has 0 amide bonds. The van der Waals surface area contributed by atoms with Crippen molar-refractivity contribution < 1.29 is 4.39 Å². The lowest BCUT2D eigenvalue weighted by atomic mass is 10.1. The van der Waals surface area contributed by atoms with E-state index in [-0.39, 0.29) is 0 Å². The molecule has 0 radical (unpaired) electrons. The van der Waals surface area contributed by atoms with Crippen LogP contribution in [0.25, 0.3) is 0 Å². The van der Waals surface area contributed by atoms with Crippen LogP contribution in [0.5, 0.6) is 0 Å². The molecule has 1 atom stereocenters. The lowest BCUT2D eigenvalue weighted by Crippen LogP contribution is -2.36. The van der Waals surface area contributed by atoms with Crippen LogP contribution in [0.15, 0.2) is 18.3 Å². The molecule has 1 aliphatic rings. The molecule has 2 rings (SSSR count). The zero-order valence-electron chi connectivity index (χ0n) is 7.99. The van der Waals surface area contributed by atoms with Gasteiger partial charge in [-0.2, -0.15) is 0 Å². The van der Waals surface area contributed by atoms with Gasteiger partial charge in [-0.3, -0.25) is 0 Å². The molecule has 1 aliphatic heterocycles. The Balaban J connectivity index is 2.14. The summed E-state index contributed by atoms with van der Waals surface area (Å²) in [5.74, 6) is 0.785. The normalized spacial score (nSPS) is 22.4. The molecule has 0 aromatic carbocycles. The van der Waals surface area contributed by atoms with Crippen molar-refractivity contribution in [1.82, 2.24) is 4.98 Å². The number of anilines is 2. The Morgan fingerprint density at radius 2 is 2.43 bits per heavy atom. The number of rotatable bonds is 1. The highest BCUT2D eigenvalue weighted by Crippen LogP contribution is 2.20. The molecule has 76 valence electrons. The van der Waals surface area contributed by atoms with Gasteiger partial charge in [0.05, 0.1) is 6.54 Å². The van der Waals surface area contributed by atoms with Crippen molar-refractivity contribution in [3.05, 3.63) is 18.3 Å². The van der Waals surface area contributed by atoms with E-state index in [0.29, 0.717) is 18.7 Å². The van der Waals surface area contributed by atoms with Crippen LogP contribution < -0.4 is 10.6 Å². The predicted octanol–water partition coefficient (Wildman–Crippen LogP) is 1.60. The van der Waals surface area contributed by atoms with E-state index in [0.717, 1.165) is 18.8 Å². The van der Waals surface area contributed by atoms with Gasteiger partial charge < -0.3 is 10.6 Å². The van der Waals surface area contributed by atoms with Crippen molar-refractivity contribution in [3.8, 4) is 0 Å². The maximum absolute atomic E-state index is 13.1. The molecule has 14 heavy (non-hydrogen) atoms. The van der Waals surface area contributed by atoms with Gasteiger partial charge in [0.25, 0.3) is 0 Å². The molecule has 0 saturated carbocycles. The number of nitrogens with two attached hydrogens (primary N) is 1. The first-order valence-corrected chi connectivity index (χ1v) is 4.86. The molecule has 4 heteroatoms. The fourth-order valence-electron chi connectivity index (χ4n) is 1.74. The molecule has 0 spiro atoms. The van der Waals surface area contributed by atoms with Crippen LogP contribution in [0.3, 0.4) is 0 Å². The van der Waals surface area contributed by atoms with Crippen LogP contribution in [0.1, 0.15) is 12.8 Å². The van der Waals surface area contributed by atoms with Gasteiger partial charge >= 0.3 is 0 Å². The number of pyridine rings is 1. The minimum absolute atomic E-state index is 0.441. The monoisotopic (exact) mass is 195 g/mol. The van der Waals surface area contributed by atoms with Crippen molar-refractivity contribution in [2.24, 2.45) is 0 Å². The van der Waals surface area contributed by atoms with Gasteiger partial charge in [-0.15, -0.1) is 0 Å². The molecule has 1 fully saturated rings. The highest BCUT2D eigenvalue weighted by Gasteiger charge is 2.19. The lowest BCUT2D eigenvalue weighted by Gasteiger charge is -2.29. The molecule has 2 heterocycles. The van der Waals surface area contributed by atoms with Gasteiger partial charge in [-0.1, -0.05) is 0 Å². The van der Waals surface area contributed by atoms with Crippen LogP contribution in [0, 0.1) is 0 Å². The second-order valence-corrected chi connectivity index (χ2v) is 3.63. The summed E-state index contributed by atoms with van der Waals surface area (Å²) in [6, 6.07) is 3.53. The minimum atomic E-state index is -0.730. The largest absolute Gasteiger partial charge is 0.399 e. The van der Waals surface area contributed by atoms with Crippen LogP contribution in [0.2, 0.25) is 0 Å². The fraction of sp³-hybridized carbons (Fsp3) is 0.500. The number of piperidine rings is 1. The lowest BCUT2D eigenvalue weighted by molar-refractivity contribution is 0.286. The summed E-state index contributed by atoms with van der Waals surface area (Å²) < 4.78 is 13.1. The molecule has 1 saturated heterocycles. The summed E-state index contributed by atoms with van der Waals surface area (Å²) in [6.45, 7) is 1.31. The summed E-state index contributed by atoms with van der Waals surface area (Å²) in [4.78, 5) is 6.13. The number of nitrogen functional groups attached to an aromatic ring is 1. The average Bonchev–Trinajstić information content (AvgIpc) is 2.18. The van der Waals surface area contributed by atoms with Crippen LogP contribution in [-0.2, 0) is 0 Å². The van der Waals surface area contributed by atoms with Gasteiger partial charge in [-0.05, 0) is 18.9 Å². The fourth-order valence-corrected chi connectivity index (χ4v) is 1.74. The smallest absolute Gasteiger partial charge is 0.130 e. The molecule has 1 aromatic rings. The number of hydrogen-bond donors (Lipinski definition) is 1. The van der Waals surface area contributed by atoms with Crippen molar-refractivity contribution in [3.63, 3.8) is 0 Å². The standard InChI is InChI=1S/C10H14FN3/c11-8-2-1-5-14(7-8)10-6-9(12)3-4-13-10/h3-4,6,8H,1-2,5,7H2,(H2,12,13)/t8-/m0/s1. The van der Waals surface area contributed by atoms with E-state index in [9.17, 15) is 4.39 Å². The van der Waals surface area contributed by atoms with E-state index in [2.05, 4.69) is 4.98 Å². The van der Waals surface area contributed by atoms with Crippen molar-refractivity contribution >= 4 is 11.5 Å². The van der Waals surface area contributed by atoms with E-state index in [4.69, 9.17) is 5.73 Å². The number of hydrogen-bond acceptors (Lipinski definition) is 3. The molecule has 3 nitrogen and oxygen atoms in total. The van der Waals surface area contributed by atoms with Gasteiger partial charge in [-0.25, -0.2) is 9.37 Å². The van der Waals surface area contributed by atoms with Crippen LogP contribution in [0.4, 0.5) is 15.9 Å². The van der Waals surface area contributed by atoms with Crippen molar-refractivity contribution in [2.45, 2.75) is 19.0 Å². The molecule has 0 unspecified atom stereocenters. The number of alkyl halides is 1. The third-order valence-electron chi connectivity index (χ3n) is 2.46. The zero-order chi connectivity index (χ0) is 9.97. The topological polar surface area (TPSA) is 42.1 Å². The zero-order valence-corrected chi connectivity index (χ0v) is 7.99. The molecular weight excluding hydrogens is 181 g/mol. The summed E-state index contributed by atoms with van der Waals surface area (Å²) >= 11 is 0. The summed E-state index contributed by atoms with van der Waals surface area (Å²) in [5.41, 5.74) is 6.32. The Morgan fingerprint density at radius 1 is 1.57 bits per heavy atom. The highest BCUT2D eigenvalue weighted by atomic mass is 19.1. The third-order valence-corrected chi connectivity index (χ3v) is 2.46. The van der Waals surface area contributed by atoms with E-state index in [1.165, 1.54) is 0 Å². The number of aromatic nitrogens is 1. The minimum Gasteiger partial charge on any atom is -0.399 e. The quantitative estimate of drug-likeness (QED) is 0.740. The number of halogens is 1. The summed E-state index contributed by atoms with van der Waals surface area (Å²) in [7, 11) is 0. The number of nitrogens with zero attached hydrogens (tertiary/aromatic N) is 2. The van der Waals surface area contributed by atoms with Crippen molar-refractivity contribution in [2.75, 3.05) is 23.7 Å². The first-order chi connectivity index (χ1) is 6.75. The van der Waals surface area contributed by atoms with Gasteiger partial charge in [0.2, 0.25) is 0 Å². The first kappa shape index (κ1) is 9.24. The summed E-state index contributed by atoms with van der Waals surface area (Å²) in [6.07, 6.45) is 2.48. The first-order valence-electron chi connectivity index (χ1n) is 4.86. The van der Waals surface area contributed by atoms with Crippen LogP contribution >= 0.6 is 0 Å².